The predicted octanol–water partition coefficient (Wildman–Crippen LogP) is -1.42. The molecule has 0 bridgehead atoms. The zero-order chi connectivity index (χ0) is 19.0. The Morgan fingerprint density at radius 3 is 1.10 bits per heavy atom. The number of halogens is 8. The van der Waals surface area contributed by atoms with Crippen LogP contribution in [0.2, 0.25) is 0 Å². The van der Waals surface area contributed by atoms with Gasteiger partial charge in [-0.05, 0) is 0 Å². The van der Waals surface area contributed by atoms with Crippen molar-refractivity contribution >= 4 is 15.4 Å². The van der Waals surface area contributed by atoms with Crippen LogP contribution in [0.25, 0.3) is 0 Å². The number of aromatic nitrogens is 2. The van der Waals surface area contributed by atoms with E-state index in [1.807, 2.05) is 27.7 Å². The van der Waals surface area contributed by atoms with E-state index in [0.717, 1.165) is 41.4 Å². The molecule has 29 heavy (non-hydrogen) atoms. The van der Waals surface area contributed by atoms with Crippen LogP contribution in [0.1, 0.15) is 49.5 Å². The molecule has 2 aromatic rings. The number of hydrogen-bond donors (Lipinski definition) is 0. The first-order valence-electron chi connectivity index (χ1n) is 6.93. The Bertz CT molecular complexity index is 602. The fourth-order valence-electron chi connectivity index (χ4n) is 2.11. The molecule has 0 aromatic carbocycles. The summed E-state index contributed by atoms with van der Waals surface area (Å²) in [6.45, 7) is 12.8. The van der Waals surface area contributed by atoms with Crippen LogP contribution in [-0.4, -0.2) is 15.4 Å². The molecule has 0 saturated carbocycles. The van der Waals surface area contributed by atoms with Gasteiger partial charge in [0, 0.05) is 27.7 Å². The number of oxazole rings is 2. The molecule has 0 amide bonds. The van der Waals surface area contributed by atoms with Gasteiger partial charge in [-0.25, -0.2) is 0 Å². The number of rotatable bonds is 2. The molecule has 2 rings (SSSR count). The Morgan fingerprint density at radius 2 is 0.966 bits per heavy atom. The summed E-state index contributed by atoms with van der Waals surface area (Å²) in [4.78, 5) is 0. The van der Waals surface area contributed by atoms with Gasteiger partial charge in [0.05, 0.1) is 13.8 Å². The van der Waals surface area contributed by atoms with E-state index in [1.54, 1.807) is 0 Å². The Labute approximate surface area is 167 Å². The van der Waals surface area contributed by atoms with E-state index in [1.165, 1.54) is 0 Å². The summed E-state index contributed by atoms with van der Waals surface area (Å²) in [5.41, 5.74) is 2.32. The molecule has 14 heteroatoms. The van der Waals surface area contributed by atoms with Gasteiger partial charge in [-0.2, -0.15) is 0 Å². The van der Waals surface area contributed by atoms with Gasteiger partial charge in [0.2, 0.25) is 11.4 Å². The van der Waals surface area contributed by atoms with Crippen molar-refractivity contribution in [1.29, 1.82) is 0 Å². The molecule has 0 aliphatic rings. The summed E-state index contributed by atoms with van der Waals surface area (Å²) in [6, 6.07) is 0. The molecule has 0 fully saturated rings. The topological polar surface area (TPSA) is 34.0 Å². The second-order valence-electron chi connectivity index (χ2n) is 4.85. The quantitative estimate of drug-likeness (QED) is 0.325. The molecule has 4 nitrogen and oxygen atoms in total. The van der Waals surface area contributed by atoms with Crippen LogP contribution in [0, 0.1) is 41.5 Å². The van der Waals surface area contributed by atoms with E-state index in [0.29, 0.717) is 0 Å². The molecule has 0 saturated heterocycles. The van der Waals surface area contributed by atoms with E-state index < -0.39 is 15.4 Å². The third-order valence-corrected chi connectivity index (χ3v) is 3.47. The lowest BCUT2D eigenvalue weighted by Gasteiger charge is -1.92. The van der Waals surface area contributed by atoms with E-state index in [4.69, 9.17) is 8.83 Å². The molecule has 2 heterocycles. The summed E-state index contributed by atoms with van der Waals surface area (Å²) in [5.74, 6) is 3.78. The second-order valence-corrected chi connectivity index (χ2v) is 4.85. The summed E-state index contributed by atoms with van der Waals surface area (Å²) >= 11 is 0. The fraction of sp³-hybridized carbons (Fsp3) is 0.600. The minimum atomic E-state index is -3.67. The number of nitrogens with zero attached hydrogens (tertiary/aromatic N) is 2. The van der Waals surface area contributed by atoms with Crippen LogP contribution >= 0.6 is 0 Å². The van der Waals surface area contributed by atoms with Crippen molar-refractivity contribution in [3.05, 3.63) is 34.7 Å². The minimum absolute atomic E-state index is 0. The predicted molar refractivity (Wildman–Crippen MR) is 94.6 cm³/mol. The maximum atomic E-state index is 9.67. The zero-order valence-corrected chi connectivity index (χ0v) is 15.6. The second kappa shape index (κ2) is 19.3. The fourth-order valence-corrected chi connectivity index (χ4v) is 2.11. The molecule has 0 atom stereocenters. The van der Waals surface area contributed by atoms with Crippen LogP contribution < -0.4 is 18.5 Å². The number of aryl methyl sites for hydroxylation is 4. The van der Waals surface area contributed by atoms with E-state index in [-0.39, 0.29) is 29.0 Å². The maximum absolute atomic E-state index is 9.67. The van der Waals surface area contributed by atoms with Crippen molar-refractivity contribution < 1.29 is 53.7 Å². The molecule has 1 radical (unpaired) electrons. The first-order valence-corrected chi connectivity index (χ1v) is 6.93. The average molecular weight is 443 g/mol. The lowest BCUT2D eigenvalue weighted by Crippen LogP contribution is -3.00. The van der Waals surface area contributed by atoms with Crippen molar-refractivity contribution in [3.63, 3.8) is 0 Å². The molecule has 0 unspecified atom stereocenters. The van der Waals surface area contributed by atoms with E-state index >= 15 is 0 Å². The third-order valence-electron chi connectivity index (χ3n) is 3.47. The highest BCUT2D eigenvalue weighted by Gasteiger charge is 2.28. The van der Waals surface area contributed by atoms with Gasteiger partial charge < -0.3 is 18.2 Å². The summed E-state index contributed by atoms with van der Waals surface area (Å²) in [6.07, 6.45) is 0. The first kappa shape index (κ1) is 41.4. The van der Waals surface area contributed by atoms with Gasteiger partial charge in [-0.3, -0.25) is 26.3 Å². The van der Waals surface area contributed by atoms with Crippen LogP contribution in [0.15, 0.2) is 8.83 Å². The Kier molecular flexibility index (Phi) is 27.6. The minimum Gasteiger partial charge on any atom is -1.00 e. The maximum Gasteiger partial charge on any atom is 0.762 e. The van der Waals surface area contributed by atoms with Crippen molar-refractivity contribution in [3.8, 4) is 0 Å². The lowest BCUT2D eigenvalue weighted by molar-refractivity contribution is -0.924. The van der Waals surface area contributed by atoms with E-state index in [9.17, 15) is 21.6 Å². The number of hydrogen-bond acceptors (Lipinski definition) is 2. The highest BCUT2D eigenvalue weighted by Crippen LogP contribution is 2.07. The SMILES string of the molecule is C.C.Cc1oc(C)[n+](C[n+]2c(C)oc(C)c2C)c1C.F.FB(F)F.F[B]F.[F-].[F-]. The van der Waals surface area contributed by atoms with Gasteiger partial charge in [-0.1, -0.05) is 14.9 Å². The summed E-state index contributed by atoms with van der Waals surface area (Å²) < 4.78 is 63.6. The molecule has 0 aliphatic carbocycles. The van der Waals surface area contributed by atoms with Crippen LogP contribution in [-0.2, 0) is 6.67 Å². The van der Waals surface area contributed by atoms with Crippen LogP contribution in [0.3, 0.4) is 0 Å². The van der Waals surface area contributed by atoms with Crippen molar-refractivity contribution in [2.45, 2.75) is 63.1 Å². The highest BCUT2D eigenvalue weighted by atomic mass is 19.4. The van der Waals surface area contributed by atoms with Gasteiger partial charge in [0.15, 0.2) is 11.5 Å². The summed E-state index contributed by atoms with van der Waals surface area (Å²) in [5, 5.41) is 0. The highest BCUT2D eigenvalue weighted by molar-refractivity contribution is 6.33. The third kappa shape index (κ3) is 12.9. The molecule has 173 valence electrons. The largest absolute Gasteiger partial charge is 1.00 e. The first-order chi connectivity index (χ1) is 11.1. The molecular formula is C15H29B2F8N2O2. The molecular weight excluding hydrogens is 414 g/mol. The normalized spacial score (nSPS) is 7.97. The van der Waals surface area contributed by atoms with Crippen molar-refractivity contribution in [1.82, 2.24) is 0 Å². The average Bonchev–Trinajstić information content (AvgIpc) is 2.82. The summed E-state index contributed by atoms with van der Waals surface area (Å²) in [7, 11) is -4.67. The van der Waals surface area contributed by atoms with Crippen LogP contribution in [0.4, 0.5) is 26.3 Å². The Balaban J connectivity index is -0.0000000976. The monoisotopic (exact) mass is 443 g/mol. The standard InChI is InChI=1S/C13H20N2O2.2CH4.BF3.BF2.3FH/c1-8-10(3)16-12(5)14(8)7-15-9(2)11(4)17-13(15)6;;;2-1(3)4;2-1-3;;;/h7H2,1-6H3;2*1H4;;;3*1H/q+2;;;;;;;/p-2. The molecule has 2 aromatic heterocycles. The van der Waals surface area contributed by atoms with Gasteiger partial charge in [0.1, 0.15) is 0 Å². The van der Waals surface area contributed by atoms with Crippen molar-refractivity contribution in [2.75, 3.05) is 0 Å². The van der Waals surface area contributed by atoms with Gasteiger partial charge >= 0.3 is 33.8 Å². The zero-order valence-electron chi connectivity index (χ0n) is 15.6. The molecule has 0 aliphatic heterocycles. The van der Waals surface area contributed by atoms with Gasteiger partial charge in [-0.15, -0.1) is 9.13 Å². The lowest BCUT2D eigenvalue weighted by atomic mass is 10.4. The van der Waals surface area contributed by atoms with Crippen LogP contribution in [0.5, 0.6) is 0 Å². The Morgan fingerprint density at radius 1 is 0.759 bits per heavy atom. The van der Waals surface area contributed by atoms with E-state index in [2.05, 4.69) is 23.0 Å². The smallest absolute Gasteiger partial charge is 0.762 e. The van der Waals surface area contributed by atoms with Gasteiger partial charge in [0.25, 0.3) is 0 Å². The Hall–Kier alpha value is -2.01. The molecule has 0 N–H and O–H groups in total. The van der Waals surface area contributed by atoms with Crippen molar-refractivity contribution in [2.24, 2.45) is 0 Å². The molecule has 0 spiro atoms.